The van der Waals surface area contributed by atoms with Crippen molar-refractivity contribution in [2.45, 2.75) is 190 Å². The number of carbonyl (C=O) groups excluding carboxylic acids is 14. The van der Waals surface area contributed by atoms with Gasteiger partial charge in [0.25, 0.3) is 0 Å². The molecule has 13 atom stereocenters. The van der Waals surface area contributed by atoms with E-state index in [1.165, 1.54) is 69.3 Å². The number of unbranched alkanes of at least 4 members (excludes halogenated alkanes) is 1. The van der Waals surface area contributed by atoms with E-state index in [-0.39, 0.29) is 69.4 Å². The zero-order valence-corrected chi connectivity index (χ0v) is 69.2. The first kappa shape index (κ1) is 94.4. The predicted molar refractivity (Wildman–Crippen MR) is 459 cm³/mol. The van der Waals surface area contributed by atoms with Crippen molar-refractivity contribution in [3.05, 3.63) is 204 Å². The number of aliphatic carboxylic acids is 1. The van der Waals surface area contributed by atoms with Crippen molar-refractivity contribution in [3.8, 4) is 11.5 Å². The number of benzene rings is 6. The summed E-state index contributed by atoms with van der Waals surface area (Å²) < 4.78 is 0. The Balaban J connectivity index is 0.973. The first-order valence-electron chi connectivity index (χ1n) is 40.7. The van der Waals surface area contributed by atoms with Crippen LogP contribution in [0.1, 0.15) is 106 Å². The van der Waals surface area contributed by atoms with E-state index in [1.807, 2.05) is 0 Å². The number of aromatic nitrogens is 3. The Labute approximate surface area is 717 Å². The lowest BCUT2D eigenvalue weighted by molar-refractivity contribution is -0.139. The number of aliphatic hydroxyl groups is 1. The second-order valence-electron chi connectivity index (χ2n) is 30.7. The number of aliphatic hydroxyl groups excluding tert-OH is 1. The number of nitrogens with one attached hydrogen (secondary N) is 15. The average molecular weight is 1720 g/mol. The lowest BCUT2D eigenvalue weighted by Gasteiger charge is -2.29. The van der Waals surface area contributed by atoms with Gasteiger partial charge in [0, 0.05) is 110 Å². The largest absolute Gasteiger partial charge is 0.508 e. The Bertz CT molecular complexity index is 5330. The van der Waals surface area contributed by atoms with Gasteiger partial charge >= 0.3 is 5.97 Å². The number of fused-ring (bicyclic) bond motifs is 3. The molecule has 9 rings (SSSR count). The Hall–Kier alpha value is -14.5. The van der Waals surface area contributed by atoms with Crippen LogP contribution in [0.25, 0.3) is 32.7 Å². The van der Waals surface area contributed by atoms with Gasteiger partial charge in [-0.2, -0.15) is 0 Å². The minimum absolute atomic E-state index is 0.0957. The maximum absolute atomic E-state index is 15.3. The molecule has 0 fully saturated rings. The Morgan fingerprint density at radius 3 is 1.04 bits per heavy atom. The van der Waals surface area contributed by atoms with Crippen molar-refractivity contribution in [2.24, 2.45) is 17.2 Å². The monoisotopic (exact) mass is 1720 g/mol. The molecular weight excluding hydrogens is 1610 g/mol. The zero-order chi connectivity index (χ0) is 90.6. The van der Waals surface area contributed by atoms with Gasteiger partial charge in [0.15, 0.2) is 0 Å². The number of hydrogen-bond donors (Lipinski definition) is 22. The second-order valence-corrected chi connectivity index (χ2v) is 30.7. The summed E-state index contributed by atoms with van der Waals surface area (Å²) in [6, 6.07) is 21.5. The number of carbonyl (C=O) groups is 15. The van der Waals surface area contributed by atoms with Crippen molar-refractivity contribution in [1.29, 1.82) is 0 Å². The maximum Gasteiger partial charge on any atom is 0.303 e. The summed E-state index contributed by atoms with van der Waals surface area (Å²) in [6.07, 6.45) is 0.192. The number of phenolic OH excluding ortho intramolecular Hbond substituents is 2. The number of aromatic hydroxyl groups is 2. The Morgan fingerprint density at radius 2 is 0.664 bits per heavy atom. The highest BCUT2D eigenvalue weighted by atomic mass is 16.4. The highest BCUT2D eigenvalue weighted by Gasteiger charge is 2.39. The van der Waals surface area contributed by atoms with Crippen LogP contribution in [-0.4, -0.2) is 209 Å². The molecule has 0 aliphatic rings. The van der Waals surface area contributed by atoms with E-state index >= 15 is 24.0 Å². The summed E-state index contributed by atoms with van der Waals surface area (Å²) in [7, 11) is 0. The van der Waals surface area contributed by atoms with Crippen LogP contribution >= 0.6 is 0 Å². The fraction of sp³-hybridized carbons (Fsp3) is 0.352. The van der Waals surface area contributed by atoms with Gasteiger partial charge in [0.05, 0.1) is 6.10 Å². The van der Waals surface area contributed by atoms with E-state index < -0.39 is 187 Å². The number of aromatic amines is 3. The molecule has 0 radical (unpaired) electrons. The molecule has 0 bridgehead atoms. The van der Waals surface area contributed by atoms with Crippen molar-refractivity contribution in [2.75, 3.05) is 6.54 Å². The second kappa shape index (κ2) is 45.4. The van der Waals surface area contributed by atoms with Gasteiger partial charge in [0.2, 0.25) is 82.7 Å². The molecule has 6 aromatic carbocycles. The third-order valence-corrected chi connectivity index (χ3v) is 21.0. The molecule has 0 saturated carbocycles. The SMILES string of the molecule is CC(=O)N[C@@H](C)C(=O)N[C@@H](CCC(N)=O)C(=O)N[C@@H](Cc1c[nH]c2ccccc12)C(=O)N[C@@H](Cc1c[nH]c2ccccc12)C(=O)N[C@@H](C)C(=O)N[C@@H](Cc1ccc(O)cc1)C(=O)N[C@@H](Cc1ccc(O)cc1)C(=O)N[C@@H](Cc1ccccc1)C(=O)N[C@H](C(=O)N[C@@H](CCC(=O)O)C(=O)N[C@@H](Cc1c[nH]c2ccccc12)C(=O)N[C@@H](CCCCN)C(N)=O)[C@@H](C)O. The number of amides is 14. The first-order chi connectivity index (χ1) is 59.7. The first-order valence-corrected chi connectivity index (χ1v) is 40.7. The van der Waals surface area contributed by atoms with E-state index in [2.05, 4.69) is 78.8 Å². The summed E-state index contributed by atoms with van der Waals surface area (Å²) in [5, 5.41) is 75.2. The summed E-state index contributed by atoms with van der Waals surface area (Å²) in [6.45, 7) is 5.23. The molecule has 3 heterocycles. The van der Waals surface area contributed by atoms with E-state index in [0.717, 1.165) is 6.92 Å². The number of H-pyrrole nitrogens is 3. The van der Waals surface area contributed by atoms with Crippen LogP contribution in [0.15, 0.2) is 170 Å². The predicted octanol–water partition coefficient (Wildman–Crippen LogP) is 0.300. The topological polar surface area (TPSA) is 607 Å². The lowest BCUT2D eigenvalue weighted by atomic mass is 10.00. The highest BCUT2D eigenvalue weighted by Crippen LogP contribution is 2.25. The quantitative estimate of drug-likeness (QED) is 0.0228. The number of para-hydroxylation sites is 3. The van der Waals surface area contributed by atoms with Crippen LogP contribution in [-0.2, 0) is 110 Å². The van der Waals surface area contributed by atoms with Crippen molar-refractivity contribution >= 4 is 121 Å². The van der Waals surface area contributed by atoms with E-state index in [1.54, 1.807) is 122 Å². The van der Waals surface area contributed by atoms with Crippen LogP contribution in [0.4, 0.5) is 0 Å². The molecule has 37 nitrogen and oxygen atoms in total. The number of phenols is 2. The molecule has 3 aromatic heterocycles. The maximum atomic E-state index is 15.3. The fourth-order valence-electron chi connectivity index (χ4n) is 14.2. The minimum atomic E-state index is -1.98. The molecule has 9 aromatic rings. The van der Waals surface area contributed by atoms with Gasteiger partial charge < -0.3 is 116 Å². The van der Waals surface area contributed by atoms with E-state index in [9.17, 15) is 68.4 Å². The molecule has 25 N–H and O–H groups in total. The van der Waals surface area contributed by atoms with Gasteiger partial charge in [0.1, 0.15) is 84.0 Å². The number of carboxylic acid groups (broad SMARTS) is 1. The molecule has 0 aliphatic carbocycles. The third-order valence-electron chi connectivity index (χ3n) is 21.0. The molecule has 0 unspecified atom stereocenters. The van der Waals surface area contributed by atoms with Crippen LogP contribution in [0.2, 0.25) is 0 Å². The van der Waals surface area contributed by atoms with Gasteiger partial charge in [-0.25, -0.2) is 0 Å². The molecular formula is C88H106N18O19. The molecule has 662 valence electrons. The number of primary amides is 2. The van der Waals surface area contributed by atoms with Gasteiger partial charge in [-0.3, -0.25) is 71.9 Å². The third kappa shape index (κ3) is 28.0. The zero-order valence-electron chi connectivity index (χ0n) is 69.2. The van der Waals surface area contributed by atoms with Crippen LogP contribution in [0.3, 0.4) is 0 Å². The number of carboxylic acids is 1. The van der Waals surface area contributed by atoms with Gasteiger partial charge in [-0.1, -0.05) is 109 Å². The Morgan fingerprint density at radius 1 is 0.344 bits per heavy atom. The average Bonchev–Trinajstić information content (AvgIpc) is 1.72. The summed E-state index contributed by atoms with van der Waals surface area (Å²) in [5.74, 6) is -15.1. The van der Waals surface area contributed by atoms with Crippen molar-refractivity contribution in [1.82, 2.24) is 78.8 Å². The fourth-order valence-corrected chi connectivity index (χ4v) is 14.2. The molecule has 0 aliphatic heterocycles. The van der Waals surface area contributed by atoms with Crippen LogP contribution < -0.4 is 81.0 Å². The lowest BCUT2D eigenvalue weighted by Crippen LogP contribution is -2.62. The number of nitrogens with two attached hydrogens (primary N) is 3. The number of rotatable bonds is 47. The summed E-state index contributed by atoms with van der Waals surface area (Å²) in [4.78, 5) is 221. The van der Waals surface area contributed by atoms with E-state index in [4.69, 9.17) is 17.2 Å². The summed E-state index contributed by atoms with van der Waals surface area (Å²) in [5.41, 5.74) is 21.6. The van der Waals surface area contributed by atoms with Crippen molar-refractivity contribution < 1.29 is 92.3 Å². The van der Waals surface area contributed by atoms with Crippen molar-refractivity contribution in [3.63, 3.8) is 0 Å². The smallest absolute Gasteiger partial charge is 0.303 e. The van der Waals surface area contributed by atoms with Gasteiger partial charge in [-0.15, -0.1) is 0 Å². The minimum Gasteiger partial charge on any atom is -0.508 e. The summed E-state index contributed by atoms with van der Waals surface area (Å²) >= 11 is 0. The molecule has 14 amide bonds. The molecule has 0 spiro atoms. The normalized spacial score (nSPS) is 14.4. The highest BCUT2D eigenvalue weighted by molar-refractivity contribution is 6.01. The standard InChI is InChI=1S/C88H106N18O19/c1-47(95-50(4)108)78(115)98-66(33-35-74(90)111)80(117)104-73(43-56-46-94-64-23-13-10-20-61(56)64)86(123)105-71(41-54-44-92-62-21-11-8-18-59(54)62)82(119)96-48(2)79(116)100-68(39-52-25-29-57(109)30-26-52)83(120)101-69(40-53-27-31-58(110)32-28-53)84(121)102-70(38-51-16-6-5-7-17-51)87(124)106-76(49(3)107)88(125)99-67(34-36-75(112)113)81(118)103-72(42-55-45-93-63-22-12-9-19-60(55)63)85(122)97-65(77(91)114)24-14-15-37-89/h5-13,16-23,25-32,44-49,65-73,76,92-94,107,109-110H,14-15,24,33-43,89H2,1-4H3,(H2,90,111)(H2,91,114)(H,95,108)(H,96,119)(H,97,122)(H,98,115)(H,99,125)(H,100,116)(H,101,120)(H,102,121)(H,103,118)(H,104,117)(H,105,123)(H,106,124)(H,112,113)/t47-,48-,49+,65-,66-,67-,68-,69-,70-,71-,72-,73-,76-/m0/s1. The molecule has 125 heavy (non-hydrogen) atoms. The molecule has 37 heteroatoms. The Kier molecular flexibility index (Phi) is 34.3. The van der Waals surface area contributed by atoms with Crippen LogP contribution in [0, 0.1) is 0 Å². The number of hydrogen-bond acceptors (Lipinski definition) is 19. The molecule has 0 saturated heterocycles. The van der Waals surface area contributed by atoms with E-state index in [0.29, 0.717) is 78.9 Å². The van der Waals surface area contributed by atoms with Crippen LogP contribution in [0.5, 0.6) is 11.5 Å². The van der Waals surface area contributed by atoms with Gasteiger partial charge in [-0.05, 0) is 135 Å².